The maximum Gasteiger partial charge on any atom is 0.258 e. The third-order valence-corrected chi connectivity index (χ3v) is 3.28. The number of nitrogens with one attached hydrogen (secondary N) is 1. The van der Waals surface area contributed by atoms with Crippen LogP contribution in [0.2, 0.25) is 0 Å². The van der Waals surface area contributed by atoms with Crippen molar-refractivity contribution in [3.63, 3.8) is 0 Å². The molecule has 0 unspecified atom stereocenters. The molecule has 0 fully saturated rings. The fourth-order valence-corrected chi connectivity index (χ4v) is 2.18. The second-order valence-electron chi connectivity index (χ2n) is 5.09. The molecule has 0 radical (unpaired) electrons. The van der Waals surface area contributed by atoms with Gasteiger partial charge in [-0.2, -0.15) is 4.80 Å². The molecule has 0 aliphatic heterocycles. The Morgan fingerprint density at radius 3 is 2.60 bits per heavy atom. The minimum absolute atomic E-state index is 0.0809. The van der Waals surface area contributed by atoms with Gasteiger partial charge in [0.1, 0.15) is 12.4 Å². The molecular formula is C16H13FN6O2. The molecular weight excluding hydrogens is 327 g/mol. The van der Waals surface area contributed by atoms with Gasteiger partial charge in [-0.05, 0) is 29.5 Å². The Labute approximate surface area is 141 Å². The maximum absolute atomic E-state index is 13.7. The van der Waals surface area contributed by atoms with Crippen LogP contribution in [-0.4, -0.2) is 32.0 Å². The Hall–Kier alpha value is -3.62. The number of rotatable bonds is 5. The number of halogens is 1. The quantitative estimate of drug-likeness (QED) is 0.724. The van der Waals surface area contributed by atoms with E-state index in [2.05, 4.69) is 20.7 Å². The second-order valence-corrected chi connectivity index (χ2v) is 5.09. The number of nitrogens with two attached hydrogens (primary N) is 1. The van der Waals surface area contributed by atoms with E-state index < -0.39 is 17.6 Å². The Kier molecular flexibility index (Phi) is 4.46. The second kappa shape index (κ2) is 6.87. The molecule has 0 saturated heterocycles. The molecule has 0 spiro atoms. The van der Waals surface area contributed by atoms with Crippen molar-refractivity contribution in [2.75, 3.05) is 5.32 Å². The number of tetrazole rings is 1. The van der Waals surface area contributed by atoms with Crippen LogP contribution in [0.1, 0.15) is 10.4 Å². The first-order valence-electron chi connectivity index (χ1n) is 7.26. The van der Waals surface area contributed by atoms with Crippen molar-refractivity contribution in [1.82, 2.24) is 20.2 Å². The Morgan fingerprint density at radius 1 is 1.12 bits per heavy atom. The average Bonchev–Trinajstić information content (AvgIpc) is 3.03. The number of nitrogens with zero attached hydrogens (tertiary/aromatic N) is 4. The molecule has 0 aliphatic rings. The van der Waals surface area contributed by atoms with Crippen molar-refractivity contribution < 1.29 is 14.0 Å². The van der Waals surface area contributed by atoms with Gasteiger partial charge >= 0.3 is 0 Å². The van der Waals surface area contributed by atoms with Gasteiger partial charge in [0.15, 0.2) is 0 Å². The lowest BCUT2D eigenvalue weighted by atomic mass is 10.1. The lowest BCUT2D eigenvalue weighted by Crippen LogP contribution is -2.20. The van der Waals surface area contributed by atoms with E-state index in [1.807, 2.05) is 0 Å². The topological polar surface area (TPSA) is 116 Å². The number of para-hydroxylation sites is 1. The number of anilines is 1. The summed E-state index contributed by atoms with van der Waals surface area (Å²) in [6.45, 7) is -0.212. The van der Waals surface area contributed by atoms with Gasteiger partial charge in [0.05, 0.1) is 11.3 Å². The molecule has 126 valence electrons. The molecule has 25 heavy (non-hydrogen) atoms. The summed E-state index contributed by atoms with van der Waals surface area (Å²) in [7, 11) is 0. The summed E-state index contributed by atoms with van der Waals surface area (Å²) in [5, 5.41) is 14.2. The first-order valence-corrected chi connectivity index (χ1v) is 7.26. The first kappa shape index (κ1) is 16.2. The van der Waals surface area contributed by atoms with E-state index in [-0.39, 0.29) is 17.9 Å². The van der Waals surface area contributed by atoms with E-state index in [9.17, 15) is 14.0 Å². The van der Waals surface area contributed by atoms with Gasteiger partial charge in [0, 0.05) is 5.56 Å². The van der Waals surface area contributed by atoms with Crippen LogP contribution in [0, 0.1) is 5.82 Å². The molecule has 0 bridgehead atoms. The van der Waals surface area contributed by atoms with E-state index >= 15 is 0 Å². The van der Waals surface area contributed by atoms with Crippen LogP contribution in [0.5, 0.6) is 0 Å². The van der Waals surface area contributed by atoms with E-state index in [0.717, 1.165) is 4.80 Å². The lowest BCUT2D eigenvalue weighted by molar-refractivity contribution is -0.118. The highest BCUT2D eigenvalue weighted by Gasteiger charge is 2.16. The molecule has 1 heterocycles. The highest BCUT2D eigenvalue weighted by Crippen LogP contribution is 2.25. The number of benzene rings is 2. The Bertz CT molecular complexity index is 940. The van der Waals surface area contributed by atoms with E-state index in [0.29, 0.717) is 11.3 Å². The zero-order valence-electron chi connectivity index (χ0n) is 12.9. The summed E-state index contributed by atoms with van der Waals surface area (Å²) in [5.74, 6) is -1.63. The van der Waals surface area contributed by atoms with Crippen molar-refractivity contribution in [2.24, 2.45) is 5.73 Å². The van der Waals surface area contributed by atoms with Crippen molar-refractivity contribution in [3.8, 4) is 11.4 Å². The molecule has 0 atom stereocenters. The zero-order valence-corrected chi connectivity index (χ0v) is 12.9. The zero-order chi connectivity index (χ0) is 17.8. The summed E-state index contributed by atoms with van der Waals surface area (Å²) in [4.78, 5) is 24.3. The largest absolute Gasteiger partial charge is 0.368 e. The molecule has 8 nitrogen and oxygen atoms in total. The SMILES string of the molecule is NC(=O)Cn1nnc(-c2ccccc2NC(=O)c2ccccc2F)n1. The number of hydrogen-bond acceptors (Lipinski definition) is 5. The fraction of sp³-hybridized carbons (Fsp3) is 0.0625. The predicted molar refractivity (Wildman–Crippen MR) is 86.8 cm³/mol. The summed E-state index contributed by atoms with van der Waals surface area (Å²) < 4.78 is 13.7. The van der Waals surface area contributed by atoms with Crippen LogP contribution in [0.4, 0.5) is 10.1 Å². The molecule has 0 saturated carbocycles. The van der Waals surface area contributed by atoms with Crippen LogP contribution in [0.15, 0.2) is 48.5 Å². The van der Waals surface area contributed by atoms with E-state index in [1.54, 1.807) is 30.3 Å². The molecule has 3 rings (SSSR count). The molecule has 3 aromatic rings. The van der Waals surface area contributed by atoms with Crippen LogP contribution in [0.25, 0.3) is 11.4 Å². The van der Waals surface area contributed by atoms with Crippen molar-refractivity contribution in [3.05, 3.63) is 59.9 Å². The van der Waals surface area contributed by atoms with Gasteiger partial charge in [-0.1, -0.05) is 24.3 Å². The minimum Gasteiger partial charge on any atom is -0.368 e. The van der Waals surface area contributed by atoms with Crippen LogP contribution in [0.3, 0.4) is 0 Å². The van der Waals surface area contributed by atoms with Crippen molar-refractivity contribution in [2.45, 2.75) is 6.54 Å². The predicted octanol–water partition coefficient (Wildman–Crippen LogP) is 1.22. The van der Waals surface area contributed by atoms with Gasteiger partial charge in [-0.15, -0.1) is 10.2 Å². The summed E-state index contributed by atoms with van der Waals surface area (Å²) in [5.41, 5.74) is 5.86. The van der Waals surface area contributed by atoms with Crippen LogP contribution < -0.4 is 11.1 Å². The molecule has 0 aliphatic carbocycles. The number of carbonyl (C=O) groups excluding carboxylic acids is 2. The number of primary amides is 1. The number of amides is 2. The highest BCUT2D eigenvalue weighted by atomic mass is 19.1. The third kappa shape index (κ3) is 3.66. The fourth-order valence-electron chi connectivity index (χ4n) is 2.18. The monoisotopic (exact) mass is 340 g/mol. The smallest absolute Gasteiger partial charge is 0.258 e. The normalized spacial score (nSPS) is 10.4. The Morgan fingerprint density at radius 2 is 1.84 bits per heavy atom. The van der Waals surface area contributed by atoms with E-state index in [1.165, 1.54) is 18.2 Å². The van der Waals surface area contributed by atoms with Gasteiger partial charge in [0.2, 0.25) is 11.7 Å². The maximum atomic E-state index is 13.7. The lowest BCUT2D eigenvalue weighted by Gasteiger charge is -2.09. The molecule has 9 heteroatoms. The van der Waals surface area contributed by atoms with Crippen LogP contribution in [-0.2, 0) is 11.3 Å². The number of carbonyl (C=O) groups is 2. The van der Waals surface area contributed by atoms with E-state index in [4.69, 9.17) is 5.73 Å². The highest BCUT2D eigenvalue weighted by molar-refractivity contribution is 6.06. The average molecular weight is 340 g/mol. The number of aromatic nitrogens is 4. The number of hydrogen-bond donors (Lipinski definition) is 2. The van der Waals surface area contributed by atoms with Gasteiger partial charge in [-0.3, -0.25) is 9.59 Å². The third-order valence-electron chi connectivity index (χ3n) is 3.28. The Balaban J connectivity index is 1.89. The standard InChI is InChI=1S/C16H13FN6O2/c17-12-7-3-1-5-10(12)16(25)19-13-8-4-2-6-11(13)15-20-22-23(21-15)9-14(18)24/h1-8H,9H2,(H2,18,24)(H,19,25). The van der Waals surface area contributed by atoms with Gasteiger partial charge in [0.25, 0.3) is 5.91 Å². The summed E-state index contributed by atoms with van der Waals surface area (Å²) >= 11 is 0. The molecule has 2 aromatic carbocycles. The molecule has 2 amide bonds. The van der Waals surface area contributed by atoms with Gasteiger partial charge in [-0.25, -0.2) is 4.39 Å². The molecule has 3 N–H and O–H groups in total. The van der Waals surface area contributed by atoms with Crippen LogP contribution >= 0.6 is 0 Å². The molecule has 1 aromatic heterocycles. The van der Waals surface area contributed by atoms with Gasteiger partial charge < -0.3 is 11.1 Å². The van der Waals surface area contributed by atoms with Crippen molar-refractivity contribution in [1.29, 1.82) is 0 Å². The first-order chi connectivity index (χ1) is 12.0. The minimum atomic E-state index is -0.622. The van der Waals surface area contributed by atoms with Crippen molar-refractivity contribution >= 4 is 17.5 Å². The summed E-state index contributed by atoms with van der Waals surface area (Å²) in [6, 6.07) is 12.4. The summed E-state index contributed by atoms with van der Waals surface area (Å²) in [6.07, 6.45) is 0.